The van der Waals surface area contributed by atoms with E-state index in [4.69, 9.17) is 9.47 Å². The molecule has 0 aromatic rings. The highest BCUT2D eigenvalue weighted by molar-refractivity contribution is 5.75. The molecule has 3 nitrogen and oxygen atoms in total. The Hall–Kier alpha value is -0.570. The van der Waals surface area contributed by atoms with E-state index in [1.54, 1.807) is 0 Å². The van der Waals surface area contributed by atoms with Gasteiger partial charge in [0.2, 0.25) is 0 Å². The average molecular weight is 140 g/mol. The summed E-state index contributed by atoms with van der Waals surface area (Å²) in [5, 5.41) is 0. The fourth-order valence-corrected chi connectivity index (χ4v) is 2.14. The summed E-state index contributed by atoms with van der Waals surface area (Å²) < 4.78 is 10.2. The zero-order chi connectivity index (χ0) is 6.72. The Balaban J connectivity index is 1.92. The molecule has 10 heavy (non-hydrogen) atoms. The van der Waals surface area contributed by atoms with Gasteiger partial charge in [0.05, 0.1) is 24.7 Å². The van der Waals surface area contributed by atoms with Crippen LogP contribution in [0.5, 0.6) is 0 Å². The molecule has 1 saturated carbocycles. The Morgan fingerprint density at radius 3 is 3.20 bits per heavy atom. The van der Waals surface area contributed by atoms with E-state index in [9.17, 15) is 4.79 Å². The maximum Gasteiger partial charge on any atom is 0.309 e. The molecular formula is C7H8O3. The summed E-state index contributed by atoms with van der Waals surface area (Å²) >= 11 is 0. The van der Waals surface area contributed by atoms with E-state index in [-0.39, 0.29) is 11.9 Å². The second kappa shape index (κ2) is 1.37. The Labute approximate surface area is 58.3 Å². The lowest BCUT2D eigenvalue weighted by molar-refractivity contribution is -0.141. The molecule has 0 aromatic heterocycles. The van der Waals surface area contributed by atoms with Crippen LogP contribution in [0.15, 0.2) is 0 Å². The van der Waals surface area contributed by atoms with Crippen molar-refractivity contribution >= 4 is 5.97 Å². The van der Waals surface area contributed by atoms with Gasteiger partial charge in [0.1, 0.15) is 0 Å². The van der Waals surface area contributed by atoms with Crippen LogP contribution < -0.4 is 0 Å². The number of hydrogen-bond acceptors (Lipinski definition) is 3. The minimum absolute atomic E-state index is 0.000741. The largest absolute Gasteiger partial charge is 0.465 e. The van der Waals surface area contributed by atoms with Gasteiger partial charge in [-0.2, -0.15) is 0 Å². The Kier molecular flexibility index (Phi) is 0.703. The SMILES string of the molecule is O=C1OC[C@H]2[C@H]3O[C@H]3C[C@@H]12. The molecule has 0 aromatic carbocycles. The summed E-state index contributed by atoms with van der Waals surface area (Å²) in [6.07, 6.45) is 1.69. The molecule has 0 spiro atoms. The average Bonchev–Trinajstić information content (AvgIpc) is 2.46. The molecule has 3 rings (SSSR count). The molecule has 0 N–H and O–H groups in total. The summed E-state index contributed by atoms with van der Waals surface area (Å²) in [5.41, 5.74) is 0. The summed E-state index contributed by atoms with van der Waals surface area (Å²) in [5.74, 6) is 0.585. The van der Waals surface area contributed by atoms with Crippen LogP contribution in [0.4, 0.5) is 0 Å². The first-order valence-corrected chi connectivity index (χ1v) is 3.68. The van der Waals surface area contributed by atoms with Crippen molar-refractivity contribution < 1.29 is 14.3 Å². The fraction of sp³-hybridized carbons (Fsp3) is 0.857. The van der Waals surface area contributed by atoms with E-state index in [1.165, 1.54) is 0 Å². The number of esters is 1. The standard InChI is InChI=1S/C7H8O3/c8-7-3-1-5-6(10-5)4(3)2-9-7/h3-6H,1-2H2/t3-,4-,5+,6-/m1/s1. The van der Waals surface area contributed by atoms with Crippen molar-refractivity contribution in [3.63, 3.8) is 0 Å². The van der Waals surface area contributed by atoms with E-state index in [1.807, 2.05) is 0 Å². The predicted molar refractivity (Wildman–Crippen MR) is 31.2 cm³/mol. The van der Waals surface area contributed by atoms with Crippen LogP contribution in [-0.4, -0.2) is 24.8 Å². The molecule has 0 amide bonds. The van der Waals surface area contributed by atoms with E-state index < -0.39 is 0 Å². The molecule has 2 saturated heterocycles. The number of ether oxygens (including phenoxy) is 2. The first kappa shape index (κ1) is 5.13. The number of cyclic esters (lactones) is 1. The third kappa shape index (κ3) is 0.440. The van der Waals surface area contributed by atoms with Crippen LogP contribution in [0.3, 0.4) is 0 Å². The molecule has 0 unspecified atom stereocenters. The van der Waals surface area contributed by atoms with Crippen molar-refractivity contribution in [2.24, 2.45) is 11.8 Å². The number of epoxide rings is 1. The highest BCUT2D eigenvalue weighted by Crippen LogP contribution is 2.49. The third-order valence-corrected chi connectivity index (χ3v) is 2.77. The van der Waals surface area contributed by atoms with Gasteiger partial charge in [-0.05, 0) is 6.42 Å². The van der Waals surface area contributed by atoms with Crippen LogP contribution in [0.25, 0.3) is 0 Å². The maximum atomic E-state index is 10.9. The molecule has 54 valence electrons. The normalized spacial score (nSPS) is 55.8. The number of carbonyl (C=O) groups excluding carboxylic acids is 1. The molecule has 4 atom stereocenters. The number of rotatable bonds is 0. The van der Waals surface area contributed by atoms with Crippen LogP contribution >= 0.6 is 0 Å². The first-order valence-electron chi connectivity index (χ1n) is 3.68. The lowest BCUT2D eigenvalue weighted by Gasteiger charge is -2.03. The van der Waals surface area contributed by atoms with E-state index in [2.05, 4.69) is 0 Å². The van der Waals surface area contributed by atoms with Crippen molar-refractivity contribution in [2.75, 3.05) is 6.61 Å². The summed E-state index contributed by atoms with van der Waals surface area (Å²) in [6, 6.07) is 0. The lowest BCUT2D eigenvalue weighted by Crippen LogP contribution is -2.14. The van der Waals surface area contributed by atoms with Gasteiger partial charge in [-0.3, -0.25) is 4.79 Å². The zero-order valence-corrected chi connectivity index (χ0v) is 5.45. The van der Waals surface area contributed by atoms with Gasteiger partial charge >= 0.3 is 5.97 Å². The van der Waals surface area contributed by atoms with Gasteiger partial charge in [0.15, 0.2) is 0 Å². The smallest absolute Gasteiger partial charge is 0.309 e. The van der Waals surface area contributed by atoms with Crippen molar-refractivity contribution in [3.05, 3.63) is 0 Å². The number of hydrogen-bond donors (Lipinski definition) is 0. The fourth-order valence-electron chi connectivity index (χ4n) is 2.14. The molecule has 3 aliphatic rings. The maximum absolute atomic E-state index is 10.9. The van der Waals surface area contributed by atoms with Crippen LogP contribution in [0.1, 0.15) is 6.42 Å². The molecule has 2 heterocycles. The molecule has 0 radical (unpaired) electrons. The number of carbonyl (C=O) groups is 1. The molecular weight excluding hydrogens is 132 g/mol. The van der Waals surface area contributed by atoms with E-state index >= 15 is 0 Å². The topological polar surface area (TPSA) is 38.8 Å². The minimum atomic E-state index is 0.000741. The quantitative estimate of drug-likeness (QED) is 0.349. The second-order valence-electron chi connectivity index (χ2n) is 3.28. The minimum Gasteiger partial charge on any atom is -0.465 e. The Bertz CT molecular complexity index is 201. The van der Waals surface area contributed by atoms with Crippen molar-refractivity contribution in [2.45, 2.75) is 18.6 Å². The van der Waals surface area contributed by atoms with Crippen molar-refractivity contribution in [1.29, 1.82) is 0 Å². The Morgan fingerprint density at radius 2 is 2.40 bits per heavy atom. The van der Waals surface area contributed by atoms with E-state index in [0.29, 0.717) is 24.7 Å². The molecule has 0 bridgehead atoms. The van der Waals surface area contributed by atoms with Gasteiger partial charge in [-0.1, -0.05) is 0 Å². The molecule has 1 aliphatic carbocycles. The lowest BCUT2D eigenvalue weighted by atomic mass is 9.99. The summed E-state index contributed by atoms with van der Waals surface area (Å²) in [4.78, 5) is 10.9. The van der Waals surface area contributed by atoms with Gasteiger partial charge in [-0.25, -0.2) is 0 Å². The molecule has 2 aliphatic heterocycles. The summed E-state index contributed by atoms with van der Waals surface area (Å²) in [7, 11) is 0. The predicted octanol–water partition coefficient (Wildman–Crippen LogP) is -0.0533. The highest BCUT2D eigenvalue weighted by Gasteiger charge is 2.60. The molecule has 3 fully saturated rings. The summed E-state index contributed by atoms with van der Waals surface area (Å²) in [6.45, 7) is 0.602. The van der Waals surface area contributed by atoms with Crippen LogP contribution in [0, 0.1) is 11.8 Å². The van der Waals surface area contributed by atoms with Crippen LogP contribution in [-0.2, 0) is 14.3 Å². The second-order valence-corrected chi connectivity index (χ2v) is 3.28. The zero-order valence-electron chi connectivity index (χ0n) is 5.45. The third-order valence-electron chi connectivity index (χ3n) is 2.77. The highest BCUT2D eigenvalue weighted by atomic mass is 16.6. The Morgan fingerprint density at radius 1 is 1.50 bits per heavy atom. The van der Waals surface area contributed by atoms with Crippen LogP contribution in [0.2, 0.25) is 0 Å². The van der Waals surface area contributed by atoms with Gasteiger partial charge in [-0.15, -0.1) is 0 Å². The van der Waals surface area contributed by atoms with Crippen molar-refractivity contribution in [1.82, 2.24) is 0 Å². The van der Waals surface area contributed by atoms with E-state index in [0.717, 1.165) is 6.42 Å². The number of fused-ring (bicyclic) bond motifs is 3. The monoisotopic (exact) mass is 140 g/mol. The van der Waals surface area contributed by atoms with Gasteiger partial charge in [0, 0.05) is 5.92 Å². The van der Waals surface area contributed by atoms with Gasteiger partial charge < -0.3 is 9.47 Å². The molecule has 3 heteroatoms. The van der Waals surface area contributed by atoms with Crippen molar-refractivity contribution in [3.8, 4) is 0 Å². The van der Waals surface area contributed by atoms with Gasteiger partial charge in [0.25, 0.3) is 0 Å². The first-order chi connectivity index (χ1) is 4.86.